The molecule has 1 rings (SSSR count). The minimum atomic E-state index is -3.52. The van der Waals surface area contributed by atoms with E-state index >= 15 is 0 Å². The maximum Gasteiger partial charge on any atom is 0.232 e. The molecule has 18 heavy (non-hydrogen) atoms. The van der Waals surface area contributed by atoms with E-state index in [-0.39, 0.29) is 24.1 Å². The molecule has 1 atom stereocenters. The van der Waals surface area contributed by atoms with Gasteiger partial charge in [-0.2, -0.15) is 0 Å². The van der Waals surface area contributed by atoms with E-state index in [0.29, 0.717) is 17.7 Å². The van der Waals surface area contributed by atoms with E-state index in [1.165, 1.54) is 18.2 Å². The van der Waals surface area contributed by atoms with Gasteiger partial charge in [0.05, 0.1) is 12.4 Å². The van der Waals surface area contributed by atoms with Crippen LogP contribution in [0.4, 0.5) is 4.39 Å². The Hall–Kier alpha value is -0.810. The third-order valence-corrected chi connectivity index (χ3v) is 3.87. The van der Waals surface area contributed by atoms with Crippen LogP contribution in [-0.2, 0) is 9.05 Å². The molecule has 3 nitrogen and oxygen atoms in total. The number of aryl methyl sites for hydroxylation is 1. The van der Waals surface area contributed by atoms with Crippen molar-refractivity contribution in [1.29, 1.82) is 0 Å². The SMILES string of the molecule is CCC(COc1ccc(F)cc1C)CS(=O)(=O)Cl. The highest BCUT2D eigenvalue weighted by Crippen LogP contribution is 2.20. The molecule has 0 radical (unpaired) electrons. The molecule has 0 aromatic heterocycles. The summed E-state index contributed by atoms with van der Waals surface area (Å²) in [6, 6.07) is 4.21. The number of hydrogen-bond donors (Lipinski definition) is 0. The number of hydrogen-bond acceptors (Lipinski definition) is 3. The molecule has 0 aliphatic rings. The van der Waals surface area contributed by atoms with Crippen molar-refractivity contribution >= 4 is 19.7 Å². The lowest BCUT2D eigenvalue weighted by Gasteiger charge is -2.15. The van der Waals surface area contributed by atoms with Crippen LogP contribution >= 0.6 is 10.7 Å². The van der Waals surface area contributed by atoms with Crippen molar-refractivity contribution < 1.29 is 17.5 Å². The number of rotatable bonds is 6. The van der Waals surface area contributed by atoms with Gasteiger partial charge in [0.1, 0.15) is 11.6 Å². The zero-order valence-corrected chi connectivity index (χ0v) is 11.9. The first-order valence-electron chi connectivity index (χ1n) is 5.63. The van der Waals surface area contributed by atoms with Crippen LogP contribution in [0.5, 0.6) is 5.75 Å². The molecule has 0 aliphatic carbocycles. The van der Waals surface area contributed by atoms with E-state index < -0.39 is 9.05 Å². The van der Waals surface area contributed by atoms with Crippen molar-refractivity contribution in [3.63, 3.8) is 0 Å². The molecular formula is C12H16ClFO3S. The molecule has 0 saturated carbocycles. The summed E-state index contributed by atoms with van der Waals surface area (Å²) in [7, 11) is 1.68. The highest BCUT2D eigenvalue weighted by molar-refractivity contribution is 8.13. The monoisotopic (exact) mass is 294 g/mol. The normalized spacial score (nSPS) is 13.3. The summed E-state index contributed by atoms with van der Waals surface area (Å²) in [5.41, 5.74) is 0.679. The molecule has 0 N–H and O–H groups in total. The third-order valence-electron chi connectivity index (χ3n) is 2.62. The third kappa shape index (κ3) is 5.23. The van der Waals surface area contributed by atoms with Crippen LogP contribution in [0.3, 0.4) is 0 Å². The van der Waals surface area contributed by atoms with Crippen LogP contribution in [0, 0.1) is 18.7 Å². The Morgan fingerprint density at radius 1 is 1.44 bits per heavy atom. The van der Waals surface area contributed by atoms with Crippen molar-refractivity contribution in [2.45, 2.75) is 20.3 Å². The van der Waals surface area contributed by atoms with Gasteiger partial charge in [0.25, 0.3) is 0 Å². The standard InChI is InChI=1S/C12H16ClFO3S/c1-3-10(8-18(13,15)16)7-17-12-5-4-11(14)6-9(12)2/h4-6,10H,3,7-8H2,1-2H3. The van der Waals surface area contributed by atoms with Crippen molar-refractivity contribution in [2.75, 3.05) is 12.4 Å². The molecule has 0 bridgehead atoms. The predicted octanol–water partition coefficient (Wildman–Crippen LogP) is 3.11. The van der Waals surface area contributed by atoms with Crippen LogP contribution in [0.1, 0.15) is 18.9 Å². The highest BCUT2D eigenvalue weighted by Gasteiger charge is 2.16. The van der Waals surface area contributed by atoms with Crippen LogP contribution in [0.15, 0.2) is 18.2 Å². The fourth-order valence-electron chi connectivity index (χ4n) is 1.55. The van der Waals surface area contributed by atoms with Gasteiger partial charge in [0.2, 0.25) is 9.05 Å². The van der Waals surface area contributed by atoms with E-state index in [4.69, 9.17) is 15.4 Å². The maximum absolute atomic E-state index is 12.9. The van der Waals surface area contributed by atoms with E-state index in [9.17, 15) is 12.8 Å². The number of benzene rings is 1. The van der Waals surface area contributed by atoms with Crippen LogP contribution in [0.2, 0.25) is 0 Å². The largest absolute Gasteiger partial charge is 0.493 e. The second-order valence-electron chi connectivity index (χ2n) is 4.20. The van der Waals surface area contributed by atoms with E-state index in [0.717, 1.165) is 0 Å². The van der Waals surface area contributed by atoms with Gasteiger partial charge in [-0.1, -0.05) is 6.92 Å². The fourth-order valence-corrected chi connectivity index (χ4v) is 2.98. The first-order chi connectivity index (χ1) is 8.31. The molecule has 102 valence electrons. The Kier molecular flexibility index (Phi) is 5.41. The zero-order valence-electron chi connectivity index (χ0n) is 10.3. The fraction of sp³-hybridized carbons (Fsp3) is 0.500. The minimum absolute atomic E-state index is 0.120. The average Bonchev–Trinajstić information content (AvgIpc) is 2.24. The summed E-state index contributed by atoms with van der Waals surface area (Å²) < 4.78 is 40.4. The molecule has 0 amide bonds. The summed E-state index contributed by atoms with van der Waals surface area (Å²) in [4.78, 5) is 0. The van der Waals surface area contributed by atoms with Gasteiger partial charge in [0.15, 0.2) is 0 Å². The first-order valence-corrected chi connectivity index (χ1v) is 8.11. The molecule has 6 heteroatoms. The van der Waals surface area contributed by atoms with E-state index in [1.807, 2.05) is 6.92 Å². The molecule has 0 saturated heterocycles. The van der Waals surface area contributed by atoms with E-state index in [1.54, 1.807) is 6.92 Å². The van der Waals surface area contributed by atoms with Crippen LogP contribution in [0.25, 0.3) is 0 Å². The number of halogens is 2. The molecule has 0 aliphatic heterocycles. The lowest BCUT2D eigenvalue weighted by atomic mass is 10.1. The van der Waals surface area contributed by atoms with E-state index in [2.05, 4.69) is 0 Å². The van der Waals surface area contributed by atoms with Gasteiger partial charge in [0, 0.05) is 16.6 Å². The Balaban J connectivity index is 2.62. The Bertz CT molecular complexity index is 502. The van der Waals surface area contributed by atoms with Gasteiger partial charge in [-0.25, -0.2) is 12.8 Å². The summed E-state index contributed by atoms with van der Waals surface area (Å²) >= 11 is 0. The smallest absolute Gasteiger partial charge is 0.232 e. The van der Waals surface area contributed by atoms with Crippen LogP contribution < -0.4 is 4.74 Å². The molecule has 1 aromatic rings. The summed E-state index contributed by atoms with van der Waals surface area (Å²) in [6.45, 7) is 3.85. The first kappa shape index (κ1) is 15.2. The Morgan fingerprint density at radius 3 is 2.61 bits per heavy atom. The lowest BCUT2D eigenvalue weighted by Crippen LogP contribution is -2.19. The minimum Gasteiger partial charge on any atom is -0.493 e. The van der Waals surface area contributed by atoms with Gasteiger partial charge in [-0.3, -0.25) is 0 Å². The highest BCUT2D eigenvalue weighted by atomic mass is 35.7. The maximum atomic E-state index is 12.9. The van der Waals surface area contributed by atoms with Gasteiger partial charge < -0.3 is 4.74 Å². The van der Waals surface area contributed by atoms with Gasteiger partial charge >= 0.3 is 0 Å². The zero-order chi connectivity index (χ0) is 13.8. The Morgan fingerprint density at radius 2 is 2.11 bits per heavy atom. The van der Waals surface area contributed by atoms with Gasteiger partial charge in [-0.05, 0) is 37.1 Å². The summed E-state index contributed by atoms with van der Waals surface area (Å²) in [5.74, 6) is -0.0559. The lowest BCUT2D eigenvalue weighted by molar-refractivity contribution is 0.256. The second kappa shape index (κ2) is 6.38. The van der Waals surface area contributed by atoms with Crippen LogP contribution in [-0.4, -0.2) is 20.8 Å². The van der Waals surface area contributed by atoms with Crippen molar-refractivity contribution in [2.24, 2.45) is 5.92 Å². The quantitative estimate of drug-likeness (QED) is 0.757. The molecule has 0 spiro atoms. The van der Waals surface area contributed by atoms with Crippen molar-refractivity contribution in [3.8, 4) is 5.75 Å². The predicted molar refractivity (Wildman–Crippen MR) is 70.1 cm³/mol. The average molecular weight is 295 g/mol. The summed E-state index contributed by atoms with van der Waals surface area (Å²) in [5, 5.41) is 0. The number of ether oxygens (including phenoxy) is 1. The molecule has 0 heterocycles. The molecule has 1 unspecified atom stereocenters. The molecular weight excluding hydrogens is 279 g/mol. The van der Waals surface area contributed by atoms with Gasteiger partial charge in [-0.15, -0.1) is 0 Å². The van der Waals surface area contributed by atoms with Crippen molar-refractivity contribution in [1.82, 2.24) is 0 Å². The van der Waals surface area contributed by atoms with Crippen molar-refractivity contribution in [3.05, 3.63) is 29.6 Å². The Labute approximate surface area is 111 Å². The molecule has 0 fully saturated rings. The molecule has 1 aromatic carbocycles. The summed E-state index contributed by atoms with van der Waals surface area (Å²) in [6.07, 6.45) is 0.645. The topological polar surface area (TPSA) is 43.4 Å². The second-order valence-corrected chi connectivity index (χ2v) is 7.02.